The molecule has 2 heteroatoms. The lowest BCUT2D eigenvalue weighted by Crippen LogP contribution is -2.48. The third-order valence-electron chi connectivity index (χ3n) is 5.33. The highest BCUT2D eigenvalue weighted by atomic mass is 16.5. The maximum absolute atomic E-state index is 9.51. The molecule has 2 heterocycles. The first kappa shape index (κ1) is 12.7. The van der Waals surface area contributed by atoms with Crippen LogP contribution in [0.4, 0.5) is 0 Å². The van der Waals surface area contributed by atoms with Crippen molar-refractivity contribution < 1.29 is 9.84 Å². The summed E-state index contributed by atoms with van der Waals surface area (Å²) in [5, 5.41) is 9.51. The zero-order valence-corrected chi connectivity index (χ0v) is 11.3. The van der Waals surface area contributed by atoms with E-state index in [2.05, 4.69) is 6.58 Å². The molecule has 0 radical (unpaired) electrons. The van der Waals surface area contributed by atoms with Crippen LogP contribution in [0.3, 0.4) is 0 Å². The highest BCUT2D eigenvalue weighted by Crippen LogP contribution is 2.43. The fourth-order valence-corrected chi connectivity index (χ4v) is 3.97. The van der Waals surface area contributed by atoms with Crippen molar-refractivity contribution in [3.63, 3.8) is 0 Å². The molecule has 2 aliphatic heterocycles. The lowest BCUT2D eigenvalue weighted by atomic mass is 9.74. The number of hydrogen-bond acceptors (Lipinski definition) is 2. The number of ether oxygens (including phenoxy) is 1. The molecular formula is C16H26O2. The summed E-state index contributed by atoms with van der Waals surface area (Å²) < 4.78 is 5.82. The van der Waals surface area contributed by atoms with Gasteiger partial charge in [0.1, 0.15) is 0 Å². The Kier molecular flexibility index (Phi) is 3.76. The SMILES string of the molecule is C=C(CCC1CCC(O)CC1)C1CCC2CC1O2. The molecule has 0 spiro atoms. The Morgan fingerprint density at radius 1 is 1.11 bits per heavy atom. The smallest absolute Gasteiger partial charge is 0.0668 e. The Balaban J connectivity index is 1.41. The highest BCUT2D eigenvalue weighted by Gasteiger charge is 2.41. The van der Waals surface area contributed by atoms with E-state index in [4.69, 9.17) is 4.74 Å². The molecule has 3 atom stereocenters. The number of hydrogen-bond donors (Lipinski definition) is 1. The van der Waals surface area contributed by atoms with Gasteiger partial charge in [-0.15, -0.1) is 0 Å². The van der Waals surface area contributed by atoms with E-state index < -0.39 is 0 Å². The summed E-state index contributed by atoms with van der Waals surface area (Å²) >= 11 is 0. The van der Waals surface area contributed by atoms with Crippen molar-refractivity contribution in [1.82, 2.24) is 0 Å². The van der Waals surface area contributed by atoms with Crippen LogP contribution in [-0.2, 0) is 4.74 Å². The molecular weight excluding hydrogens is 224 g/mol. The molecule has 0 aromatic rings. The first-order valence-corrected chi connectivity index (χ1v) is 7.73. The standard InChI is InChI=1S/C16H26O2/c1-11(15-9-8-14-10-16(15)18-14)2-3-12-4-6-13(17)7-5-12/h12-17H,1-10H2. The summed E-state index contributed by atoms with van der Waals surface area (Å²) in [4.78, 5) is 0. The number of fused-ring (bicyclic) bond motifs is 2. The predicted octanol–water partition coefficient (Wildman–Crippen LogP) is 3.44. The second-order valence-electron chi connectivity index (χ2n) is 6.59. The summed E-state index contributed by atoms with van der Waals surface area (Å²) in [7, 11) is 0. The minimum absolute atomic E-state index is 0.0249. The van der Waals surface area contributed by atoms with Crippen molar-refractivity contribution in [1.29, 1.82) is 0 Å². The molecule has 2 bridgehead atoms. The lowest BCUT2D eigenvalue weighted by molar-refractivity contribution is -0.177. The first-order chi connectivity index (χ1) is 8.72. The van der Waals surface area contributed by atoms with Gasteiger partial charge in [0, 0.05) is 12.3 Å². The number of aliphatic hydroxyl groups is 1. The molecule has 1 N–H and O–H groups in total. The molecule has 2 saturated heterocycles. The predicted molar refractivity (Wildman–Crippen MR) is 72.3 cm³/mol. The maximum Gasteiger partial charge on any atom is 0.0668 e. The summed E-state index contributed by atoms with van der Waals surface area (Å²) in [5.41, 5.74) is 1.43. The molecule has 4 aliphatic rings. The second-order valence-corrected chi connectivity index (χ2v) is 6.59. The second kappa shape index (κ2) is 5.34. The van der Waals surface area contributed by atoms with Crippen molar-refractivity contribution in [3.8, 4) is 0 Å². The highest BCUT2D eigenvalue weighted by molar-refractivity contribution is 5.09. The molecule has 0 aromatic heterocycles. The Hall–Kier alpha value is -0.340. The zero-order valence-electron chi connectivity index (χ0n) is 11.3. The molecule has 3 unspecified atom stereocenters. The van der Waals surface area contributed by atoms with E-state index in [0.29, 0.717) is 18.1 Å². The molecule has 4 rings (SSSR count). The summed E-state index contributed by atoms with van der Waals surface area (Å²) in [6, 6.07) is 0. The van der Waals surface area contributed by atoms with Gasteiger partial charge in [-0.1, -0.05) is 12.2 Å². The molecule has 2 aliphatic carbocycles. The van der Waals surface area contributed by atoms with Crippen LogP contribution < -0.4 is 0 Å². The molecule has 0 aromatic carbocycles. The van der Waals surface area contributed by atoms with E-state index in [0.717, 1.165) is 18.8 Å². The largest absolute Gasteiger partial charge is 0.393 e. The van der Waals surface area contributed by atoms with Gasteiger partial charge >= 0.3 is 0 Å². The van der Waals surface area contributed by atoms with Gasteiger partial charge in [0.05, 0.1) is 18.3 Å². The lowest BCUT2D eigenvalue weighted by Gasteiger charge is -2.47. The van der Waals surface area contributed by atoms with Gasteiger partial charge in [0.15, 0.2) is 0 Å². The van der Waals surface area contributed by atoms with Crippen molar-refractivity contribution >= 4 is 0 Å². The number of aliphatic hydroxyl groups excluding tert-OH is 1. The van der Waals surface area contributed by atoms with Crippen LogP contribution in [-0.4, -0.2) is 23.4 Å². The fraction of sp³-hybridized carbons (Fsp3) is 0.875. The zero-order chi connectivity index (χ0) is 12.5. The maximum atomic E-state index is 9.51. The molecule has 2 nitrogen and oxygen atoms in total. The van der Waals surface area contributed by atoms with Gasteiger partial charge in [-0.25, -0.2) is 0 Å². The molecule has 102 valence electrons. The van der Waals surface area contributed by atoms with E-state index in [-0.39, 0.29) is 6.10 Å². The van der Waals surface area contributed by atoms with Crippen LogP contribution in [0, 0.1) is 11.8 Å². The average Bonchev–Trinajstić information content (AvgIpc) is 2.37. The Morgan fingerprint density at radius 2 is 1.83 bits per heavy atom. The first-order valence-electron chi connectivity index (χ1n) is 7.73. The van der Waals surface area contributed by atoms with Gasteiger partial charge < -0.3 is 9.84 Å². The van der Waals surface area contributed by atoms with Crippen LogP contribution >= 0.6 is 0 Å². The molecule has 0 amide bonds. The Morgan fingerprint density at radius 3 is 2.44 bits per heavy atom. The van der Waals surface area contributed by atoms with Gasteiger partial charge in [0.25, 0.3) is 0 Å². The van der Waals surface area contributed by atoms with Crippen molar-refractivity contribution in [2.45, 2.75) is 76.1 Å². The molecule has 4 fully saturated rings. The third-order valence-corrected chi connectivity index (χ3v) is 5.33. The minimum Gasteiger partial charge on any atom is -0.393 e. The molecule has 2 saturated carbocycles. The van der Waals surface area contributed by atoms with Gasteiger partial charge in [-0.05, 0) is 57.3 Å². The van der Waals surface area contributed by atoms with E-state index in [9.17, 15) is 5.11 Å². The molecule has 18 heavy (non-hydrogen) atoms. The monoisotopic (exact) mass is 250 g/mol. The quantitative estimate of drug-likeness (QED) is 0.774. The van der Waals surface area contributed by atoms with Crippen molar-refractivity contribution in [3.05, 3.63) is 12.2 Å². The third kappa shape index (κ3) is 2.65. The van der Waals surface area contributed by atoms with Crippen LogP contribution in [0.2, 0.25) is 0 Å². The van der Waals surface area contributed by atoms with E-state index in [1.165, 1.54) is 50.5 Å². The fourth-order valence-electron chi connectivity index (χ4n) is 3.97. The van der Waals surface area contributed by atoms with Crippen LogP contribution in [0.5, 0.6) is 0 Å². The average molecular weight is 250 g/mol. The number of rotatable bonds is 4. The van der Waals surface area contributed by atoms with Gasteiger partial charge in [-0.3, -0.25) is 0 Å². The summed E-state index contributed by atoms with van der Waals surface area (Å²) in [6.45, 7) is 4.32. The minimum atomic E-state index is -0.0249. The van der Waals surface area contributed by atoms with E-state index in [1.807, 2.05) is 0 Å². The van der Waals surface area contributed by atoms with E-state index in [1.54, 1.807) is 0 Å². The van der Waals surface area contributed by atoms with Crippen molar-refractivity contribution in [2.75, 3.05) is 0 Å². The van der Waals surface area contributed by atoms with Crippen molar-refractivity contribution in [2.24, 2.45) is 11.8 Å². The topological polar surface area (TPSA) is 29.5 Å². The summed E-state index contributed by atoms with van der Waals surface area (Å²) in [6.07, 6.45) is 11.8. The normalized spacial score (nSPS) is 43.3. The van der Waals surface area contributed by atoms with Gasteiger partial charge in [-0.2, -0.15) is 0 Å². The van der Waals surface area contributed by atoms with Crippen LogP contribution in [0.1, 0.15) is 57.8 Å². The van der Waals surface area contributed by atoms with Gasteiger partial charge in [0.2, 0.25) is 0 Å². The van der Waals surface area contributed by atoms with E-state index >= 15 is 0 Å². The Labute approximate surface area is 110 Å². The van der Waals surface area contributed by atoms with Crippen LogP contribution in [0.15, 0.2) is 12.2 Å². The summed E-state index contributed by atoms with van der Waals surface area (Å²) in [5.74, 6) is 1.47. The van der Waals surface area contributed by atoms with Crippen LogP contribution in [0.25, 0.3) is 0 Å². The Bertz CT molecular complexity index is 295.